The molecule has 0 radical (unpaired) electrons. The lowest BCUT2D eigenvalue weighted by atomic mass is 9.48. The van der Waals surface area contributed by atoms with E-state index in [9.17, 15) is 5.11 Å². The molecule has 0 aromatic heterocycles. The summed E-state index contributed by atoms with van der Waals surface area (Å²) in [7, 11) is 0. The van der Waals surface area contributed by atoms with Crippen molar-refractivity contribution in [3.05, 3.63) is 0 Å². The number of hydrogen-bond donors (Lipinski definition) is 1. The van der Waals surface area contributed by atoms with Gasteiger partial charge in [-0.05, 0) is 36.0 Å². The molecule has 0 bridgehead atoms. The molecule has 0 amide bonds. The monoisotopic (exact) mass is 198 g/mol. The van der Waals surface area contributed by atoms with Crippen molar-refractivity contribution in [2.24, 2.45) is 16.2 Å². The Morgan fingerprint density at radius 1 is 0.714 bits per heavy atom. The first-order valence-corrected chi connectivity index (χ1v) is 5.64. The van der Waals surface area contributed by atoms with E-state index in [1.165, 1.54) is 0 Å². The molecule has 0 spiro atoms. The van der Waals surface area contributed by atoms with Gasteiger partial charge in [0.15, 0.2) is 0 Å². The first-order valence-electron chi connectivity index (χ1n) is 5.64. The summed E-state index contributed by atoms with van der Waals surface area (Å²) in [6.45, 7) is 15.4. The Kier molecular flexibility index (Phi) is 2.36. The summed E-state index contributed by atoms with van der Waals surface area (Å²) < 4.78 is 0. The molecule has 0 unspecified atom stereocenters. The fraction of sp³-hybridized carbons (Fsp3) is 1.00. The maximum atomic E-state index is 10.7. The van der Waals surface area contributed by atoms with Crippen LogP contribution in [0.15, 0.2) is 0 Å². The Morgan fingerprint density at radius 2 is 1.00 bits per heavy atom. The molecule has 1 nitrogen and oxygen atoms in total. The summed E-state index contributed by atoms with van der Waals surface area (Å²) in [6.07, 6.45) is 2.19. The lowest BCUT2D eigenvalue weighted by Gasteiger charge is -2.59. The molecule has 0 heterocycles. The average Bonchev–Trinajstić information content (AvgIpc) is 1.77. The molecule has 1 saturated carbocycles. The average molecular weight is 198 g/mol. The van der Waals surface area contributed by atoms with Crippen molar-refractivity contribution in [1.82, 2.24) is 0 Å². The molecule has 1 aliphatic rings. The highest BCUT2D eigenvalue weighted by Crippen LogP contribution is 2.59. The maximum Gasteiger partial charge on any atom is 0.0721 e. The standard InChI is InChI=1S/C13H26O/c1-10(2)8-11(3,4)13(7,14)12(5,6)9-10/h14H,8-9H2,1-7H3. The lowest BCUT2D eigenvalue weighted by Crippen LogP contribution is -2.59. The van der Waals surface area contributed by atoms with Crippen molar-refractivity contribution < 1.29 is 5.11 Å². The molecule has 0 atom stereocenters. The third kappa shape index (κ3) is 1.60. The van der Waals surface area contributed by atoms with E-state index >= 15 is 0 Å². The summed E-state index contributed by atoms with van der Waals surface area (Å²) in [5.41, 5.74) is -0.235. The summed E-state index contributed by atoms with van der Waals surface area (Å²) >= 11 is 0. The summed E-state index contributed by atoms with van der Waals surface area (Å²) in [4.78, 5) is 0. The number of rotatable bonds is 0. The molecule has 14 heavy (non-hydrogen) atoms. The fourth-order valence-electron chi connectivity index (χ4n) is 3.72. The first-order chi connectivity index (χ1) is 5.91. The minimum atomic E-state index is -0.574. The van der Waals surface area contributed by atoms with Gasteiger partial charge in [0, 0.05) is 0 Å². The zero-order valence-electron chi connectivity index (χ0n) is 10.9. The van der Waals surface area contributed by atoms with Gasteiger partial charge in [0.05, 0.1) is 5.60 Å². The van der Waals surface area contributed by atoms with Crippen molar-refractivity contribution in [2.75, 3.05) is 0 Å². The van der Waals surface area contributed by atoms with Crippen molar-refractivity contribution >= 4 is 0 Å². The van der Waals surface area contributed by atoms with E-state index in [4.69, 9.17) is 0 Å². The van der Waals surface area contributed by atoms with Crippen molar-refractivity contribution in [3.63, 3.8) is 0 Å². The van der Waals surface area contributed by atoms with Gasteiger partial charge >= 0.3 is 0 Å². The third-order valence-corrected chi connectivity index (χ3v) is 4.48. The van der Waals surface area contributed by atoms with Gasteiger partial charge in [-0.2, -0.15) is 0 Å². The highest BCUT2D eigenvalue weighted by molar-refractivity contribution is 5.07. The molecule has 1 N–H and O–H groups in total. The van der Waals surface area contributed by atoms with E-state index in [1.54, 1.807) is 0 Å². The molecular weight excluding hydrogens is 172 g/mol. The van der Waals surface area contributed by atoms with E-state index in [2.05, 4.69) is 41.5 Å². The van der Waals surface area contributed by atoms with Crippen LogP contribution in [0.3, 0.4) is 0 Å². The van der Waals surface area contributed by atoms with E-state index in [0.29, 0.717) is 5.41 Å². The van der Waals surface area contributed by atoms with Crippen molar-refractivity contribution in [2.45, 2.75) is 66.9 Å². The third-order valence-electron chi connectivity index (χ3n) is 4.48. The second-order valence-corrected chi connectivity index (χ2v) is 7.36. The number of aliphatic hydroxyl groups is 1. The Labute approximate surface area is 88.9 Å². The van der Waals surface area contributed by atoms with Crippen LogP contribution in [0.25, 0.3) is 0 Å². The summed E-state index contributed by atoms with van der Waals surface area (Å²) in [6, 6.07) is 0. The maximum absolute atomic E-state index is 10.7. The SMILES string of the molecule is CC1(C)CC(C)(C)C(C)(O)C(C)(C)C1. The molecular formula is C13H26O. The predicted molar refractivity (Wildman–Crippen MR) is 61.2 cm³/mol. The predicted octanol–water partition coefficient (Wildman–Crippen LogP) is 3.61. The van der Waals surface area contributed by atoms with Crippen molar-refractivity contribution in [1.29, 1.82) is 0 Å². The molecule has 1 rings (SSSR count). The van der Waals surface area contributed by atoms with Crippen LogP contribution < -0.4 is 0 Å². The summed E-state index contributed by atoms with van der Waals surface area (Å²) in [5, 5.41) is 10.7. The highest BCUT2D eigenvalue weighted by Gasteiger charge is 2.57. The molecule has 1 heteroatoms. The Balaban J connectivity index is 3.13. The van der Waals surface area contributed by atoms with Gasteiger partial charge in [-0.25, -0.2) is 0 Å². The van der Waals surface area contributed by atoms with Crippen LogP contribution in [0.1, 0.15) is 61.3 Å². The molecule has 84 valence electrons. The van der Waals surface area contributed by atoms with Gasteiger partial charge in [-0.1, -0.05) is 41.5 Å². The second kappa shape index (κ2) is 2.75. The molecule has 1 fully saturated rings. The molecule has 0 aromatic rings. The van der Waals surface area contributed by atoms with Crippen LogP contribution in [0, 0.1) is 16.2 Å². The Morgan fingerprint density at radius 3 is 1.29 bits per heavy atom. The van der Waals surface area contributed by atoms with Gasteiger partial charge in [0.2, 0.25) is 0 Å². The molecule has 0 aliphatic heterocycles. The molecule has 0 aromatic carbocycles. The second-order valence-electron chi connectivity index (χ2n) is 7.36. The van der Waals surface area contributed by atoms with E-state index in [1.807, 2.05) is 6.92 Å². The van der Waals surface area contributed by atoms with Crippen LogP contribution >= 0.6 is 0 Å². The van der Waals surface area contributed by atoms with E-state index in [0.717, 1.165) is 12.8 Å². The van der Waals surface area contributed by atoms with E-state index in [-0.39, 0.29) is 10.8 Å². The fourth-order valence-corrected chi connectivity index (χ4v) is 3.72. The zero-order chi connectivity index (χ0) is 11.4. The Bertz CT molecular complexity index is 212. The minimum Gasteiger partial charge on any atom is -0.389 e. The van der Waals surface area contributed by atoms with Gasteiger partial charge in [-0.15, -0.1) is 0 Å². The molecule has 0 saturated heterocycles. The minimum absolute atomic E-state index is 0.00174. The van der Waals surface area contributed by atoms with Gasteiger partial charge < -0.3 is 5.11 Å². The zero-order valence-corrected chi connectivity index (χ0v) is 10.9. The van der Waals surface area contributed by atoms with Gasteiger partial charge in [0.1, 0.15) is 0 Å². The van der Waals surface area contributed by atoms with Crippen LogP contribution in [-0.2, 0) is 0 Å². The van der Waals surface area contributed by atoms with Crippen LogP contribution in [-0.4, -0.2) is 10.7 Å². The highest BCUT2D eigenvalue weighted by atomic mass is 16.3. The summed E-state index contributed by atoms with van der Waals surface area (Å²) in [5.74, 6) is 0. The van der Waals surface area contributed by atoms with E-state index < -0.39 is 5.60 Å². The van der Waals surface area contributed by atoms with Gasteiger partial charge in [-0.3, -0.25) is 0 Å². The van der Waals surface area contributed by atoms with Crippen LogP contribution in [0.4, 0.5) is 0 Å². The quantitative estimate of drug-likeness (QED) is 0.630. The topological polar surface area (TPSA) is 20.2 Å². The van der Waals surface area contributed by atoms with Gasteiger partial charge in [0.25, 0.3) is 0 Å². The Hall–Kier alpha value is -0.0400. The smallest absolute Gasteiger partial charge is 0.0721 e. The van der Waals surface area contributed by atoms with Crippen LogP contribution in [0.2, 0.25) is 0 Å². The lowest BCUT2D eigenvalue weighted by molar-refractivity contribution is -0.192. The normalized spacial score (nSPS) is 32.6. The largest absolute Gasteiger partial charge is 0.389 e. The molecule has 1 aliphatic carbocycles. The first kappa shape index (κ1) is 12.0. The van der Waals surface area contributed by atoms with Crippen molar-refractivity contribution in [3.8, 4) is 0 Å². The number of hydrogen-bond acceptors (Lipinski definition) is 1. The van der Waals surface area contributed by atoms with Crippen LogP contribution in [0.5, 0.6) is 0 Å².